The zero-order chi connectivity index (χ0) is 12.1. The monoisotopic (exact) mass is 222 g/mol. The summed E-state index contributed by atoms with van der Waals surface area (Å²) in [5, 5.41) is 10.5. The van der Waals surface area contributed by atoms with Gasteiger partial charge in [-0.3, -0.25) is 0 Å². The summed E-state index contributed by atoms with van der Waals surface area (Å²) >= 11 is 0. The Kier molecular flexibility index (Phi) is 2.28. The van der Waals surface area contributed by atoms with E-state index in [1.54, 1.807) is 6.08 Å². The number of esters is 1. The first-order valence-electron chi connectivity index (χ1n) is 5.52. The van der Waals surface area contributed by atoms with E-state index < -0.39 is 11.6 Å². The molecule has 3 aliphatic rings. The number of fused-ring (bicyclic) bond motifs is 1. The minimum Gasteiger partial charge on any atom is -0.466 e. The molecule has 0 saturated heterocycles. The molecule has 0 spiro atoms. The predicted molar refractivity (Wildman–Crippen MR) is 60.7 cm³/mol. The first-order valence-corrected chi connectivity index (χ1v) is 5.52. The second-order valence-corrected chi connectivity index (χ2v) is 5.53. The highest BCUT2D eigenvalue weighted by Gasteiger charge is 2.51. The number of hydrogen-bond donors (Lipinski definition) is 1. The standard InChI is InChI=1S/C13H18O3/c1-8-6-13(15)7-12(2,3)9(8)5-10(13)11(14)16-4/h5-6,9,15H,7H2,1-4H3/t9-,13-/m1/s1. The fourth-order valence-electron chi connectivity index (χ4n) is 3.13. The molecule has 16 heavy (non-hydrogen) atoms. The Labute approximate surface area is 95.8 Å². The second-order valence-electron chi connectivity index (χ2n) is 5.53. The van der Waals surface area contributed by atoms with Crippen LogP contribution in [0.4, 0.5) is 0 Å². The number of carbonyl (C=O) groups is 1. The third kappa shape index (κ3) is 1.42. The van der Waals surface area contributed by atoms with E-state index in [0.29, 0.717) is 12.0 Å². The van der Waals surface area contributed by atoms with Crippen LogP contribution in [0.3, 0.4) is 0 Å². The van der Waals surface area contributed by atoms with Crippen molar-refractivity contribution in [2.24, 2.45) is 11.3 Å². The molecule has 0 aliphatic heterocycles. The van der Waals surface area contributed by atoms with Crippen LogP contribution >= 0.6 is 0 Å². The molecule has 88 valence electrons. The largest absolute Gasteiger partial charge is 0.466 e. The Morgan fingerprint density at radius 2 is 2.19 bits per heavy atom. The third-order valence-corrected chi connectivity index (χ3v) is 3.73. The smallest absolute Gasteiger partial charge is 0.336 e. The topological polar surface area (TPSA) is 46.5 Å². The number of allylic oxidation sites excluding steroid dienone is 2. The van der Waals surface area contributed by atoms with Crippen molar-refractivity contribution in [2.75, 3.05) is 7.11 Å². The minimum absolute atomic E-state index is 0.00882. The van der Waals surface area contributed by atoms with Crippen LogP contribution in [0.15, 0.2) is 23.3 Å². The molecule has 2 atom stereocenters. The molecule has 0 aromatic carbocycles. The van der Waals surface area contributed by atoms with Crippen molar-refractivity contribution in [3.8, 4) is 0 Å². The van der Waals surface area contributed by atoms with Crippen molar-refractivity contribution in [3.05, 3.63) is 23.3 Å². The van der Waals surface area contributed by atoms with Crippen molar-refractivity contribution >= 4 is 5.97 Å². The fourth-order valence-corrected chi connectivity index (χ4v) is 3.13. The van der Waals surface area contributed by atoms with Crippen LogP contribution in [0.1, 0.15) is 27.2 Å². The lowest BCUT2D eigenvalue weighted by atomic mass is 9.57. The number of ether oxygens (including phenoxy) is 1. The van der Waals surface area contributed by atoms with Gasteiger partial charge in [-0.2, -0.15) is 0 Å². The predicted octanol–water partition coefficient (Wildman–Crippen LogP) is 1.82. The average molecular weight is 222 g/mol. The highest BCUT2D eigenvalue weighted by atomic mass is 16.5. The van der Waals surface area contributed by atoms with Gasteiger partial charge in [-0.15, -0.1) is 0 Å². The van der Waals surface area contributed by atoms with Gasteiger partial charge in [0.05, 0.1) is 12.7 Å². The molecule has 0 fully saturated rings. The van der Waals surface area contributed by atoms with Crippen LogP contribution < -0.4 is 0 Å². The number of aliphatic hydroxyl groups is 1. The lowest BCUT2D eigenvalue weighted by molar-refractivity contribution is -0.139. The summed E-state index contributed by atoms with van der Waals surface area (Å²) < 4.78 is 4.71. The highest BCUT2D eigenvalue weighted by Crippen LogP contribution is 2.52. The molecular formula is C13H18O3. The molecule has 0 amide bonds. The van der Waals surface area contributed by atoms with Crippen molar-refractivity contribution in [2.45, 2.75) is 32.8 Å². The fraction of sp³-hybridized carbons (Fsp3) is 0.615. The molecular weight excluding hydrogens is 204 g/mol. The molecule has 0 aromatic rings. The first kappa shape index (κ1) is 11.4. The Bertz CT molecular complexity index is 403. The SMILES string of the molecule is COC(=O)C1=C[C@@H]2C(C)=C[C@@]1(O)CC2(C)C. The Hall–Kier alpha value is -1.09. The van der Waals surface area contributed by atoms with Gasteiger partial charge in [0.25, 0.3) is 0 Å². The Morgan fingerprint density at radius 1 is 1.56 bits per heavy atom. The van der Waals surface area contributed by atoms with Crippen LogP contribution in [-0.4, -0.2) is 23.8 Å². The lowest BCUT2D eigenvalue weighted by Gasteiger charge is -2.49. The first-order chi connectivity index (χ1) is 7.30. The van der Waals surface area contributed by atoms with Crippen LogP contribution in [0.25, 0.3) is 0 Å². The van der Waals surface area contributed by atoms with E-state index in [2.05, 4.69) is 13.8 Å². The molecule has 0 saturated carbocycles. The molecule has 3 heteroatoms. The van der Waals surface area contributed by atoms with Gasteiger partial charge in [0, 0.05) is 5.92 Å². The van der Waals surface area contributed by atoms with E-state index in [4.69, 9.17) is 4.74 Å². The summed E-state index contributed by atoms with van der Waals surface area (Å²) in [6, 6.07) is 0. The van der Waals surface area contributed by atoms with E-state index in [0.717, 1.165) is 5.57 Å². The molecule has 3 aliphatic carbocycles. The van der Waals surface area contributed by atoms with E-state index >= 15 is 0 Å². The van der Waals surface area contributed by atoms with Gasteiger partial charge >= 0.3 is 5.97 Å². The van der Waals surface area contributed by atoms with Crippen molar-refractivity contribution in [1.82, 2.24) is 0 Å². The maximum absolute atomic E-state index is 11.6. The maximum Gasteiger partial charge on any atom is 0.336 e. The second kappa shape index (κ2) is 3.20. The van der Waals surface area contributed by atoms with Gasteiger partial charge in [-0.25, -0.2) is 4.79 Å². The van der Waals surface area contributed by atoms with Gasteiger partial charge in [0.2, 0.25) is 0 Å². The minimum atomic E-state index is -1.14. The molecule has 2 bridgehead atoms. The molecule has 0 radical (unpaired) electrons. The summed E-state index contributed by atoms with van der Waals surface area (Å²) in [4.78, 5) is 11.6. The molecule has 0 aromatic heterocycles. The number of rotatable bonds is 1. The summed E-state index contributed by atoms with van der Waals surface area (Å²) in [7, 11) is 1.34. The normalized spacial score (nSPS) is 35.4. The third-order valence-electron chi connectivity index (χ3n) is 3.73. The summed E-state index contributed by atoms with van der Waals surface area (Å²) in [5.74, 6) is -0.206. The zero-order valence-corrected chi connectivity index (χ0v) is 10.2. The molecule has 0 unspecified atom stereocenters. The number of carbonyl (C=O) groups excluding carboxylic acids is 1. The maximum atomic E-state index is 11.6. The van der Waals surface area contributed by atoms with Gasteiger partial charge < -0.3 is 9.84 Å². The van der Waals surface area contributed by atoms with Gasteiger partial charge in [-0.1, -0.05) is 25.5 Å². The van der Waals surface area contributed by atoms with E-state index in [9.17, 15) is 9.90 Å². The molecule has 3 rings (SSSR count). The lowest BCUT2D eigenvalue weighted by Crippen LogP contribution is -2.49. The summed E-state index contributed by atoms with van der Waals surface area (Å²) in [6.07, 6.45) is 4.24. The van der Waals surface area contributed by atoms with Gasteiger partial charge in [-0.05, 0) is 24.8 Å². The van der Waals surface area contributed by atoms with Crippen molar-refractivity contribution in [1.29, 1.82) is 0 Å². The molecule has 1 N–H and O–H groups in total. The summed E-state index contributed by atoms with van der Waals surface area (Å²) in [5.41, 5.74) is 0.372. The Morgan fingerprint density at radius 3 is 2.62 bits per heavy atom. The van der Waals surface area contributed by atoms with Crippen molar-refractivity contribution in [3.63, 3.8) is 0 Å². The van der Waals surface area contributed by atoms with Crippen LogP contribution in [0.2, 0.25) is 0 Å². The van der Waals surface area contributed by atoms with E-state index in [-0.39, 0.29) is 11.3 Å². The van der Waals surface area contributed by atoms with E-state index in [1.807, 2.05) is 13.0 Å². The van der Waals surface area contributed by atoms with Crippen LogP contribution in [-0.2, 0) is 9.53 Å². The van der Waals surface area contributed by atoms with Crippen LogP contribution in [0.5, 0.6) is 0 Å². The van der Waals surface area contributed by atoms with Gasteiger partial charge in [0.1, 0.15) is 5.60 Å². The molecule has 0 heterocycles. The number of hydrogen-bond acceptors (Lipinski definition) is 3. The summed E-state index contributed by atoms with van der Waals surface area (Å²) in [6.45, 7) is 6.23. The van der Waals surface area contributed by atoms with Crippen LogP contribution in [0, 0.1) is 11.3 Å². The quantitative estimate of drug-likeness (QED) is 0.544. The van der Waals surface area contributed by atoms with E-state index in [1.165, 1.54) is 7.11 Å². The Balaban J connectivity index is 2.50. The number of methoxy groups -OCH3 is 1. The van der Waals surface area contributed by atoms with Gasteiger partial charge in [0.15, 0.2) is 0 Å². The molecule has 3 nitrogen and oxygen atoms in total. The zero-order valence-electron chi connectivity index (χ0n) is 10.2. The average Bonchev–Trinajstić information content (AvgIpc) is 2.13. The van der Waals surface area contributed by atoms with Crippen molar-refractivity contribution < 1.29 is 14.6 Å². The highest BCUT2D eigenvalue weighted by molar-refractivity contribution is 5.92.